The van der Waals surface area contributed by atoms with Crippen molar-refractivity contribution in [1.82, 2.24) is 15.3 Å². The molecule has 0 fully saturated rings. The van der Waals surface area contributed by atoms with Crippen LogP contribution in [0.3, 0.4) is 0 Å². The topological polar surface area (TPSA) is 145 Å². The fourth-order valence-corrected chi connectivity index (χ4v) is 1.34. The fraction of sp³-hybridized carbons (Fsp3) is 0.500. The summed E-state index contributed by atoms with van der Waals surface area (Å²) in [5.41, 5.74) is 10.7. The first-order chi connectivity index (χ1) is 9.69. The molecule has 0 aromatic carbocycles. The van der Waals surface area contributed by atoms with Gasteiger partial charge in [0.05, 0.1) is 0 Å². The molecule has 9 heteroatoms. The van der Waals surface area contributed by atoms with Gasteiger partial charge in [-0.2, -0.15) is 0 Å². The van der Waals surface area contributed by atoms with Gasteiger partial charge < -0.3 is 26.8 Å². The standard InChI is InChI=1S/C12H20N6O3/c1-12(2,3)21-11(20)15-5-4-7(19)18-8-9(13)16-6-17-10(8)14/h6H,4-5H2,1-3H3,(H,15,20)(H,18,19)(H4,13,14,16,17). The van der Waals surface area contributed by atoms with Crippen molar-refractivity contribution in [1.29, 1.82) is 0 Å². The Labute approximate surface area is 122 Å². The third-order valence-electron chi connectivity index (χ3n) is 2.19. The van der Waals surface area contributed by atoms with Gasteiger partial charge in [-0.3, -0.25) is 4.79 Å². The van der Waals surface area contributed by atoms with Crippen molar-refractivity contribution in [2.24, 2.45) is 0 Å². The van der Waals surface area contributed by atoms with Gasteiger partial charge in [-0.1, -0.05) is 0 Å². The number of nitrogens with one attached hydrogen (secondary N) is 2. The van der Waals surface area contributed by atoms with E-state index >= 15 is 0 Å². The minimum absolute atomic E-state index is 0.0347. The van der Waals surface area contributed by atoms with E-state index in [0.717, 1.165) is 0 Å². The van der Waals surface area contributed by atoms with E-state index in [9.17, 15) is 9.59 Å². The SMILES string of the molecule is CC(C)(C)OC(=O)NCCC(=O)Nc1c(N)ncnc1N. The van der Waals surface area contributed by atoms with Crippen molar-refractivity contribution in [3.63, 3.8) is 0 Å². The Kier molecular flexibility index (Phi) is 5.28. The minimum atomic E-state index is -0.587. The molecule has 0 aliphatic heterocycles. The molecule has 6 N–H and O–H groups in total. The maximum absolute atomic E-state index is 11.7. The van der Waals surface area contributed by atoms with E-state index in [1.165, 1.54) is 6.33 Å². The van der Waals surface area contributed by atoms with Gasteiger partial charge in [0.15, 0.2) is 11.6 Å². The van der Waals surface area contributed by atoms with Crippen LogP contribution in [0.2, 0.25) is 0 Å². The molecule has 0 saturated heterocycles. The van der Waals surface area contributed by atoms with Crippen LogP contribution in [0.4, 0.5) is 22.1 Å². The minimum Gasteiger partial charge on any atom is -0.444 e. The van der Waals surface area contributed by atoms with Crippen LogP contribution in [0.5, 0.6) is 0 Å². The number of carbonyl (C=O) groups is 2. The van der Waals surface area contributed by atoms with Crippen molar-refractivity contribution in [2.75, 3.05) is 23.3 Å². The number of hydrogen-bond acceptors (Lipinski definition) is 7. The first-order valence-corrected chi connectivity index (χ1v) is 6.31. The van der Waals surface area contributed by atoms with Crippen molar-refractivity contribution in [3.05, 3.63) is 6.33 Å². The Bertz CT molecular complexity index is 506. The Morgan fingerprint density at radius 1 is 1.24 bits per heavy atom. The number of hydrogen-bond donors (Lipinski definition) is 4. The molecule has 0 radical (unpaired) electrons. The average molecular weight is 296 g/mol. The lowest BCUT2D eigenvalue weighted by molar-refractivity contribution is -0.116. The smallest absolute Gasteiger partial charge is 0.407 e. The van der Waals surface area contributed by atoms with Gasteiger partial charge >= 0.3 is 6.09 Å². The van der Waals surface area contributed by atoms with Gasteiger partial charge in [0.2, 0.25) is 5.91 Å². The molecule has 0 bridgehead atoms. The van der Waals surface area contributed by atoms with Crippen molar-refractivity contribution >= 4 is 29.3 Å². The zero-order valence-electron chi connectivity index (χ0n) is 12.3. The van der Waals surface area contributed by atoms with Gasteiger partial charge in [-0.15, -0.1) is 0 Å². The molecule has 0 aliphatic carbocycles. The lowest BCUT2D eigenvalue weighted by atomic mass is 10.2. The molecule has 1 aromatic rings. The highest BCUT2D eigenvalue weighted by molar-refractivity contribution is 5.96. The zero-order valence-corrected chi connectivity index (χ0v) is 12.3. The van der Waals surface area contributed by atoms with E-state index in [0.29, 0.717) is 0 Å². The van der Waals surface area contributed by atoms with E-state index in [-0.39, 0.29) is 36.2 Å². The number of anilines is 3. The highest BCUT2D eigenvalue weighted by Crippen LogP contribution is 2.20. The molecule has 9 nitrogen and oxygen atoms in total. The maximum atomic E-state index is 11.7. The van der Waals surface area contributed by atoms with Crippen molar-refractivity contribution < 1.29 is 14.3 Å². The predicted octanol–water partition coefficient (Wildman–Crippen LogP) is 0.494. The highest BCUT2D eigenvalue weighted by atomic mass is 16.6. The van der Waals surface area contributed by atoms with Gasteiger partial charge in [-0.25, -0.2) is 14.8 Å². The summed E-state index contributed by atoms with van der Waals surface area (Å²) in [7, 11) is 0. The van der Waals surface area contributed by atoms with Crippen LogP contribution in [0.15, 0.2) is 6.33 Å². The lowest BCUT2D eigenvalue weighted by Gasteiger charge is -2.19. The number of rotatable bonds is 4. The third-order valence-corrected chi connectivity index (χ3v) is 2.19. The summed E-state index contributed by atoms with van der Waals surface area (Å²) in [5, 5.41) is 4.96. The number of nitrogens with two attached hydrogens (primary N) is 2. The van der Waals surface area contributed by atoms with Gasteiger partial charge in [-0.05, 0) is 20.8 Å². The first kappa shape index (κ1) is 16.5. The van der Waals surface area contributed by atoms with E-state index in [4.69, 9.17) is 16.2 Å². The fourth-order valence-electron chi connectivity index (χ4n) is 1.34. The van der Waals surface area contributed by atoms with Crippen LogP contribution in [0, 0.1) is 0 Å². The number of carbonyl (C=O) groups excluding carboxylic acids is 2. The Morgan fingerprint density at radius 3 is 2.33 bits per heavy atom. The molecule has 0 aliphatic rings. The lowest BCUT2D eigenvalue weighted by Crippen LogP contribution is -2.34. The number of alkyl carbamates (subject to hydrolysis) is 1. The molecule has 0 spiro atoms. The van der Waals surface area contributed by atoms with E-state index < -0.39 is 11.7 Å². The van der Waals surface area contributed by atoms with E-state index in [1.54, 1.807) is 20.8 Å². The summed E-state index contributed by atoms with van der Waals surface area (Å²) in [6, 6.07) is 0. The number of amides is 2. The van der Waals surface area contributed by atoms with Crippen LogP contribution in [-0.4, -0.2) is 34.1 Å². The Balaban J connectivity index is 2.40. The summed E-state index contributed by atoms with van der Waals surface area (Å²) in [5.74, 6) is -0.217. The number of ether oxygens (including phenoxy) is 1. The van der Waals surface area contributed by atoms with Gasteiger partial charge in [0.25, 0.3) is 0 Å². The van der Waals surface area contributed by atoms with Crippen molar-refractivity contribution in [3.8, 4) is 0 Å². The normalized spacial score (nSPS) is 10.8. The van der Waals surface area contributed by atoms with Crippen LogP contribution in [-0.2, 0) is 9.53 Å². The molecular weight excluding hydrogens is 276 g/mol. The summed E-state index contributed by atoms with van der Waals surface area (Å²) in [4.78, 5) is 30.5. The largest absolute Gasteiger partial charge is 0.444 e. The zero-order chi connectivity index (χ0) is 16.0. The third kappa shape index (κ3) is 5.93. The molecule has 1 rings (SSSR count). The monoisotopic (exact) mass is 296 g/mol. The van der Waals surface area contributed by atoms with Gasteiger partial charge in [0, 0.05) is 13.0 Å². The summed E-state index contributed by atoms with van der Waals surface area (Å²) >= 11 is 0. The van der Waals surface area contributed by atoms with Gasteiger partial charge in [0.1, 0.15) is 17.6 Å². The average Bonchev–Trinajstić information content (AvgIpc) is 2.31. The highest BCUT2D eigenvalue weighted by Gasteiger charge is 2.16. The maximum Gasteiger partial charge on any atom is 0.407 e. The van der Waals surface area contributed by atoms with Crippen LogP contribution >= 0.6 is 0 Å². The van der Waals surface area contributed by atoms with Crippen molar-refractivity contribution in [2.45, 2.75) is 32.8 Å². The van der Waals surface area contributed by atoms with Crippen LogP contribution in [0.1, 0.15) is 27.2 Å². The molecule has 0 atom stereocenters. The number of aromatic nitrogens is 2. The number of nitrogens with zero attached hydrogens (tertiary/aromatic N) is 2. The molecule has 1 heterocycles. The Hall–Kier alpha value is -2.58. The first-order valence-electron chi connectivity index (χ1n) is 6.31. The second-order valence-electron chi connectivity index (χ2n) is 5.25. The molecule has 0 saturated carbocycles. The summed E-state index contributed by atoms with van der Waals surface area (Å²) in [6.45, 7) is 5.37. The number of nitrogen functional groups attached to an aromatic ring is 2. The summed E-state index contributed by atoms with van der Waals surface area (Å²) < 4.78 is 5.03. The predicted molar refractivity (Wildman–Crippen MR) is 78.3 cm³/mol. The molecule has 21 heavy (non-hydrogen) atoms. The van der Waals surface area contributed by atoms with Crippen LogP contribution in [0.25, 0.3) is 0 Å². The second-order valence-corrected chi connectivity index (χ2v) is 5.25. The molecular formula is C12H20N6O3. The second kappa shape index (κ2) is 6.73. The van der Waals surface area contributed by atoms with E-state index in [2.05, 4.69) is 20.6 Å². The molecule has 0 unspecified atom stereocenters. The molecule has 116 valence electrons. The molecule has 1 aromatic heterocycles. The van der Waals surface area contributed by atoms with E-state index in [1.807, 2.05) is 0 Å². The summed E-state index contributed by atoms with van der Waals surface area (Å²) in [6.07, 6.45) is 0.648. The Morgan fingerprint density at radius 2 is 1.81 bits per heavy atom. The quantitative estimate of drug-likeness (QED) is 0.632. The molecule has 2 amide bonds. The van der Waals surface area contributed by atoms with Crippen LogP contribution < -0.4 is 22.1 Å².